The van der Waals surface area contributed by atoms with Gasteiger partial charge in [0.25, 0.3) is 5.91 Å². The Bertz CT molecular complexity index is 568. The fraction of sp³-hybridized carbons (Fsp3) is 0.647. The van der Waals surface area contributed by atoms with Crippen molar-refractivity contribution in [2.75, 3.05) is 31.6 Å². The van der Waals surface area contributed by atoms with Crippen molar-refractivity contribution >= 4 is 17.8 Å². The molecular weight excluding hydrogens is 322 g/mol. The monoisotopic (exact) mass is 349 g/mol. The zero-order valence-corrected chi connectivity index (χ0v) is 15.1. The summed E-state index contributed by atoms with van der Waals surface area (Å²) in [5.74, 6) is 0.927. The molecule has 25 heavy (non-hydrogen) atoms. The van der Waals surface area contributed by atoms with Gasteiger partial charge in [0.15, 0.2) is 5.69 Å². The fourth-order valence-corrected chi connectivity index (χ4v) is 2.54. The molecule has 8 nitrogen and oxygen atoms in total. The van der Waals surface area contributed by atoms with Gasteiger partial charge >= 0.3 is 6.09 Å². The maximum absolute atomic E-state index is 12.3. The lowest BCUT2D eigenvalue weighted by molar-refractivity contribution is 0.0856. The number of carbonyl (C=O) groups excluding carboxylic acids is 2. The van der Waals surface area contributed by atoms with E-state index < -0.39 is 0 Å². The Morgan fingerprint density at radius 3 is 2.56 bits per heavy atom. The highest BCUT2D eigenvalue weighted by Crippen LogP contribution is 2.12. The molecule has 2 N–H and O–H groups in total. The van der Waals surface area contributed by atoms with Crippen molar-refractivity contribution in [1.82, 2.24) is 20.4 Å². The van der Waals surface area contributed by atoms with Crippen LogP contribution >= 0.6 is 0 Å². The first kappa shape index (κ1) is 19.0. The summed E-state index contributed by atoms with van der Waals surface area (Å²) >= 11 is 0. The van der Waals surface area contributed by atoms with Crippen LogP contribution in [-0.4, -0.2) is 59.4 Å². The molecule has 2 amide bonds. The Hall–Kier alpha value is -2.38. The van der Waals surface area contributed by atoms with Gasteiger partial charge in [-0.2, -0.15) is 0 Å². The lowest BCUT2D eigenvalue weighted by atomic mass is 10.1. The van der Waals surface area contributed by atoms with Crippen LogP contribution in [0.4, 0.5) is 10.6 Å². The summed E-state index contributed by atoms with van der Waals surface area (Å²) < 4.78 is 4.99. The SMILES string of the molecule is CCOC(=O)N1CCC(NC(=O)c2ccc(NCC(C)C)nn2)CC1. The van der Waals surface area contributed by atoms with Crippen LogP contribution in [0.25, 0.3) is 0 Å². The number of hydrogen-bond donors (Lipinski definition) is 2. The van der Waals surface area contributed by atoms with Crippen LogP contribution in [0.3, 0.4) is 0 Å². The maximum Gasteiger partial charge on any atom is 0.409 e. The van der Waals surface area contributed by atoms with Gasteiger partial charge in [-0.3, -0.25) is 4.79 Å². The molecule has 2 heterocycles. The number of anilines is 1. The Balaban J connectivity index is 1.79. The molecule has 0 aliphatic carbocycles. The smallest absolute Gasteiger partial charge is 0.409 e. The highest BCUT2D eigenvalue weighted by molar-refractivity contribution is 5.92. The molecule has 138 valence electrons. The van der Waals surface area contributed by atoms with E-state index in [4.69, 9.17) is 4.74 Å². The highest BCUT2D eigenvalue weighted by atomic mass is 16.6. The quantitative estimate of drug-likeness (QED) is 0.814. The molecule has 0 saturated carbocycles. The largest absolute Gasteiger partial charge is 0.450 e. The van der Waals surface area contributed by atoms with Crippen molar-refractivity contribution in [1.29, 1.82) is 0 Å². The van der Waals surface area contributed by atoms with Gasteiger partial charge in [0, 0.05) is 25.7 Å². The van der Waals surface area contributed by atoms with Gasteiger partial charge in [0.2, 0.25) is 0 Å². The predicted molar refractivity (Wildman–Crippen MR) is 94.4 cm³/mol. The number of rotatable bonds is 6. The highest BCUT2D eigenvalue weighted by Gasteiger charge is 2.25. The van der Waals surface area contributed by atoms with Crippen LogP contribution in [0.2, 0.25) is 0 Å². The molecular formula is C17H27N5O3. The van der Waals surface area contributed by atoms with E-state index in [-0.39, 0.29) is 18.0 Å². The number of nitrogens with zero attached hydrogens (tertiary/aromatic N) is 3. The fourth-order valence-electron chi connectivity index (χ4n) is 2.54. The third-order valence-corrected chi connectivity index (χ3v) is 3.94. The van der Waals surface area contributed by atoms with Crippen molar-refractivity contribution in [3.63, 3.8) is 0 Å². The molecule has 0 unspecified atom stereocenters. The summed E-state index contributed by atoms with van der Waals surface area (Å²) in [4.78, 5) is 25.6. The van der Waals surface area contributed by atoms with Gasteiger partial charge in [0.05, 0.1) is 6.61 Å². The molecule has 1 fully saturated rings. The number of carbonyl (C=O) groups is 2. The zero-order chi connectivity index (χ0) is 18.2. The average molecular weight is 349 g/mol. The molecule has 8 heteroatoms. The summed E-state index contributed by atoms with van der Waals surface area (Å²) in [6.45, 7) is 8.33. The molecule has 1 aliphatic heterocycles. The molecule has 0 aromatic carbocycles. The minimum Gasteiger partial charge on any atom is -0.450 e. The third kappa shape index (κ3) is 5.88. The van der Waals surface area contributed by atoms with E-state index >= 15 is 0 Å². The van der Waals surface area contributed by atoms with Crippen molar-refractivity contribution < 1.29 is 14.3 Å². The Kier molecular flexibility index (Phi) is 6.97. The molecule has 1 aromatic rings. The predicted octanol–water partition coefficient (Wildman–Crippen LogP) is 1.90. The molecule has 0 spiro atoms. The van der Waals surface area contributed by atoms with Crippen molar-refractivity contribution in [2.24, 2.45) is 5.92 Å². The number of aromatic nitrogens is 2. The van der Waals surface area contributed by atoms with Gasteiger partial charge in [-0.25, -0.2) is 4.79 Å². The number of nitrogens with one attached hydrogen (secondary N) is 2. The maximum atomic E-state index is 12.3. The van der Waals surface area contributed by atoms with Crippen LogP contribution in [0.15, 0.2) is 12.1 Å². The summed E-state index contributed by atoms with van der Waals surface area (Å²) in [5.41, 5.74) is 0.294. The van der Waals surface area contributed by atoms with E-state index in [1.54, 1.807) is 24.0 Å². The van der Waals surface area contributed by atoms with Gasteiger partial charge < -0.3 is 20.3 Å². The average Bonchev–Trinajstić information content (AvgIpc) is 2.61. The van der Waals surface area contributed by atoms with Crippen molar-refractivity contribution in [3.8, 4) is 0 Å². The van der Waals surface area contributed by atoms with Crippen molar-refractivity contribution in [3.05, 3.63) is 17.8 Å². The second kappa shape index (κ2) is 9.19. The first-order valence-corrected chi connectivity index (χ1v) is 8.79. The lowest BCUT2D eigenvalue weighted by Gasteiger charge is -2.31. The summed E-state index contributed by atoms with van der Waals surface area (Å²) in [6.07, 6.45) is 1.11. The van der Waals surface area contributed by atoms with Gasteiger partial charge in [0.1, 0.15) is 5.82 Å². The molecule has 2 rings (SSSR count). The van der Waals surface area contributed by atoms with Crippen LogP contribution in [0.5, 0.6) is 0 Å². The first-order valence-electron chi connectivity index (χ1n) is 8.79. The van der Waals surface area contributed by atoms with E-state index in [0.717, 1.165) is 6.54 Å². The van der Waals surface area contributed by atoms with Crippen LogP contribution in [0.1, 0.15) is 44.1 Å². The minimum absolute atomic E-state index is 0.0266. The molecule has 1 saturated heterocycles. The van der Waals surface area contributed by atoms with Crippen LogP contribution in [0, 0.1) is 5.92 Å². The van der Waals surface area contributed by atoms with Crippen molar-refractivity contribution in [2.45, 2.75) is 39.7 Å². The second-order valence-electron chi connectivity index (χ2n) is 6.51. The van der Waals surface area contributed by atoms with E-state index in [1.807, 2.05) is 0 Å². The number of hydrogen-bond acceptors (Lipinski definition) is 6. The molecule has 1 aromatic heterocycles. The van der Waals surface area contributed by atoms with Gasteiger partial charge in [-0.1, -0.05) is 13.8 Å². The molecule has 0 radical (unpaired) electrons. The van der Waals surface area contributed by atoms with Gasteiger partial charge in [-0.15, -0.1) is 10.2 Å². The summed E-state index contributed by atoms with van der Waals surface area (Å²) in [7, 11) is 0. The molecule has 0 atom stereocenters. The van der Waals surface area contributed by atoms with Crippen LogP contribution < -0.4 is 10.6 Å². The van der Waals surface area contributed by atoms with Gasteiger partial charge in [-0.05, 0) is 37.8 Å². The normalized spacial score (nSPS) is 15.1. The number of ether oxygens (including phenoxy) is 1. The van der Waals surface area contributed by atoms with E-state index in [0.29, 0.717) is 50.0 Å². The lowest BCUT2D eigenvalue weighted by Crippen LogP contribution is -2.46. The number of likely N-dealkylation sites (tertiary alicyclic amines) is 1. The Morgan fingerprint density at radius 2 is 2.00 bits per heavy atom. The minimum atomic E-state index is -0.289. The molecule has 0 bridgehead atoms. The topological polar surface area (TPSA) is 96.5 Å². The van der Waals surface area contributed by atoms with Crippen LogP contribution in [-0.2, 0) is 4.74 Å². The van der Waals surface area contributed by atoms with E-state index in [1.165, 1.54) is 0 Å². The summed E-state index contributed by atoms with van der Waals surface area (Å²) in [5, 5.41) is 14.1. The van der Waals surface area contributed by atoms with E-state index in [2.05, 4.69) is 34.7 Å². The first-order chi connectivity index (χ1) is 12.0. The Labute approximate surface area is 148 Å². The Morgan fingerprint density at radius 1 is 1.28 bits per heavy atom. The number of piperidine rings is 1. The van der Waals surface area contributed by atoms with E-state index in [9.17, 15) is 9.59 Å². The zero-order valence-electron chi connectivity index (χ0n) is 15.1. The second-order valence-corrected chi connectivity index (χ2v) is 6.51. The summed E-state index contributed by atoms with van der Waals surface area (Å²) in [6, 6.07) is 3.45. The third-order valence-electron chi connectivity index (χ3n) is 3.94. The number of amides is 2. The standard InChI is InChI=1S/C17H27N5O3/c1-4-25-17(24)22-9-7-13(8-10-22)19-16(23)14-5-6-15(21-20-14)18-11-12(2)3/h5-6,12-13H,4,7-11H2,1-3H3,(H,18,21)(H,19,23). The molecule has 1 aliphatic rings.